The Bertz CT molecular complexity index is 547. The summed E-state index contributed by atoms with van der Waals surface area (Å²) in [6.07, 6.45) is 4.76. The molecule has 0 aliphatic heterocycles. The van der Waals surface area contributed by atoms with Crippen molar-refractivity contribution < 1.29 is 14.7 Å². The highest BCUT2D eigenvalue weighted by Crippen LogP contribution is 2.32. The van der Waals surface area contributed by atoms with E-state index in [1.807, 2.05) is 13.8 Å². The summed E-state index contributed by atoms with van der Waals surface area (Å²) >= 11 is 1.30. The number of carboxylic acids is 1. The van der Waals surface area contributed by atoms with Crippen molar-refractivity contribution in [1.29, 1.82) is 0 Å². The van der Waals surface area contributed by atoms with Crippen molar-refractivity contribution in [2.24, 2.45) is 5.92 Å². The lowest BCUT2D eigenvalue weighted by atomic mass is 10.0. The Hall–Kier alpha value is -1.56. The minimum Gasteiger partial charge on any atom is -0.478 e. The summed E-state index contributed by atoms with van der Waals surface area (Å²) in [5.74, 6) is -0.475. The molecule has 0 saturated heterocycles. The van der Waals surface area contributed by atoms with Gasteiger partial charge in [0.15, 0.2) is 0 Å². The Kier molecular flexibility index (Phi) is 4.88. The minimum absolute atomic E-state index is 0.114. The fourth-order valence-corrected chi connectivity index (χ4v) is 3.94. The molecule has 1 aliphatic carbocycles. The maximum absolute atomic E-state index is 12.1. The molecule has 1 heterocycles. The molecular formula is C15H22N2O3S. The van der Waals surface area contributed by atoms with Crippen molar-refractivity contribution in [1.82, 2.24) is 5.32 Å². The second kappa shape index (κ2) is 6.47. The maximum atomic E-state index is 12.1. The van der Waals surface area contributed by atoms with Gasteiger partial charge in [0.25, 0.3) is 0 Å². The van der Waals surface area contributed by atoms with Crippen molar-refractivity contribution >= 4 is 28.3 Å². The molecule has 21 heavy (non-hydrogen) atoms. The molecule has 1 unspecified atom stereocenters. The minimum atomic E-state index is -1.00. The summed E-state index contributed by atoms with van der Waals surface area (Å²) in [5.41, 5.74) is 0.910. The third kappa shape index (κ3) is 3.56. The van der Waals surface area contributed by atoms with Crippen LogP contribution >= 0.6 is 11.3 Å². The van der Waals surface area contributed by atoms with E-state index >= 15 is 0 Å². The quantitative estimate of drug-likeness (QED) is 0.792. The van der Waals surface area contributed by atoms with E-state index in [9.17, 15) is 14.7 Å². The molecular weight excluding hydrogens is 288 g/mol. The number of rotatable bonds is 4. The van der Waals surface area contributed by atoms with Gasteiger partial charge in [0.2, 0.25) is 0 Å². The zero-order valence-electron chi connectivity index (χ0n) is 12.7. The molecule has 1 aromatic heterocycles. The number of aryl methyl sites for hydroxylation is 1. The summed E-state index contributed by atoms with van der Waals surface area (Å²) in [4.78, 5) is 24.3. The highest BCUT2D eigenvalue weighted by Gasteiger charge is 2.24. The summed E-state index contributed by atoms with van der Waals surface area (Å²) in [5, 5.41) is 15.3. The van der Waals surface area contributed by atoms with Crippen LogP contribution in [0.2, 0.25) is 0 Å². The van der Waals surface area contributed by atoms with Gasteiger partial charge in [-0.2, -0.15) is 0 Å². The largest absolute Gasteiger partial charge is 0.478 e. The number of amides is 2. The highest BCUT2D eigenvalue weighted by molar-refractivity contribution is 7.16. The lowest BCUT2D eigenvalue weighted by Gasteiger charge is -2.20. The Morgan fingerprint density at radius 3 is 2.48 bits per heavy atom. The average molecular weight is 310 g/mol. The monoisotopic (exact) mass is 310 g/mol. The zero-order valence-corrected chi connectivity index (χ0v) is 13.5. The molecule has 2 rings (SSSR count). The van der Waals surface area contributed by atoms with Crippen LogP contribution in [0.5, 0.6) is 0 Å². The van der Waals surface area contributed by atoms with Gasteiger partial charge in [-0.3, -0.25) is 5.32 Å². The van der Waals surface area contributed by atoms with Crippen LogP contribution in [0, 0.1) is 19.8 Å². The van der Waals surface area contributed by atoms with Gasteiger partial charge in [-0.25, -0.2) is 9.59 Å². The van der Waals surface area contributed by atoms with Crippen LogP contribution in [0.15, 0.2) is 0 Å². The predicted molar refractivity (Wildman–Crippen MR) is 84.3 cm³/mol. The molecule has 1 atom stereocenters. The number of carbonyl (C=O) groups excluding carboxylic acids is 1. The van der Waals surface area contributed by atoms with Gasteiger partial charge >= 0.3 is 12.0 Å². The van der Waals surface area contributed by atoms with E-state index in [1.54, 1.807) is 6.92 Å². The van der Waals surface area contributed by atoms with Crippen molar-refractivity contribution in [2.45, 2.75) is 52.5 Å². The second-order valence-electron chi connectivity index (χ2n) is 5.72. The first-order valence-electron chi connectivity index (χ1n) is 7.31. The van der Waals surface area contributed by atoms with Crippen LogP contribution in [-0.4, -0.2) is 23.1 Å². The molecule has 116 valence electrons. The molecule has 0 aromatic carbocycles. The molecule has 2 amide bonds. The van der Waals surface area contributed by atoms with Crippen LogP contribution < -0.4 is 10.6 Å². The smallest absolute Gasteiger partial charge is 0.338 e. The number of thiophene rings is 1. The molecule has 0 spiro atoms. The topological polar surface area (TPSA) is 78.4 Å². The van der Waals surface area contributed by atoms with Crippen molar-refractivity contribution in [3.05, 3.63) is 16.0 Å². The zero-order chi connectivity index (χ0) is 15.6. The molecule has 1 fully saturated rings. The third-order valence-corrected chi connectivity index (χ3v) is 5.41. The number of carboxylic acid groups (broad SMARTS) is 1. The number of carbonyl (C=O) groups is 2. The van der Waals surface area contributed by atoms with E-state index in [1.165, 1.54) is 24.2 Å². The molecule has 1 aromatic rings. The number of aromatic carboxylic acids is 1. The predicted octanol–water partition coefficient (Wildman–Crippen LogP) is 3.76. The molecule has 0 bridgehead atoms. The van der Waals surface area contributed by atoms with E-state index < -0.39 is 5.97 Å². The van der Waals surface area contributed by atoms with E-state index in [4.69, 9.17) is 0 Å². The first-order valence-corrected chi connectivity index (χ1v) is 8.12. The first kappa shape index (κ1) is 15.8. The Labute approximate surface area is 128 Å². The lowest BCUT2D eigenvalue weighted by Crippen LogP contribution is -2.39. The molecule has 1 aliphatic rings. The van der Waals surface area contributed by atoms with Gasteiger partial charge in [0.05, 0.1) is 5.56 Å². The van der Waals surface area contributed by atoms with Crippen LogP contribution in [0.3, 0.4) is 0 Å². The van der Waals surface area contributed by atoms with Crippen LogP contribution in [0.25, 0.3) is 0 Å². The van der Waals surface area contributed by atoms with Crippen molar-refractivity contribution in [3.8, 4) is 0 Å². The van der Waals surface area contributed by atoms with Gasteiger partial charge < -0.3 is 10.4 Å². The molecule has 6 heteroatoms. The Balaban J connectivity index is 2.02. The number of hydrogen-bond acceptors (Lipinski definition) is 3. The molecule has 5 nitrogen and oxygen atoms in total. The second-order valence-corrected chi connectivity index (χ2v) is 6.95. The fourth-order valence-electron chi connectivity index (χ4n) is 2.89. The molecule has 1 saturated carbocycles. The van der Waals surface area contributed by atoms with Gasteiger partial charge in [-0.05, 0) is 45.1 Å². The van der Waals surface area contributed by atoms with Gasteiger partial charge in [0, 0.05) is 10.9 Å². The Morgan fingerprint density at radius 1 is 1.29 bits per heavy atom. The highest BCUT2D eigenvalue weighted by atomic mass is 32.1. The number of anilines is 1. The Morgan fingerprint density at radius 2 is 1.90 bits per heavy atom. The van der Waals surface area contributed by atoms with E-state index in [2.05, 4.69) is 10.6 Å². The third-order valence-electron chi connectivity index (χ3n) is 4.29. The van der Waals surface area contributed by atoms with E-state index in [-0.39, 0.29) is 17.6 Å². The standard InChI is InChI=1S/C15H22N2O3S/c1-8-10(3)21-13(12(8)14(18)19)17-15(20)16-9(2)11-6-4-5-7-11/h9,11H,4-7H2,1-3H3,(H,18,19)(H2,16,17,20). The fraction of sp³-hybridized carbons (Fsp3) is 0.600. The average Bonchev–Trinajstić information content (AvgIpc) is 2.99. The summed E-state index contributed by atoms with van der Waals surface area (Å²) in [7, 11) is 0. The van der Waals surface area contributed by atoms with E-state index in [0.717, 1.165) is 17.7 Å². The SMILES string of the molecule is Cc1sc(NC(=O)NC(C)C2CCCC2)c(C(=O)O)c1C. The van der Waals surface area contributed by atoms with Crippen molar-refractivity contribution in [2.75, 3.05) is 5.32 Å². The van der Waals surface area contributed by atoms with Crippen LogP contribution in [0.4, 0.5) is 9.80 Å². The maximum Gasteiger partial charge on any atom is 0.338 e. The summed E-state index contributed by atoms with van der Waals surface area (Å²) < 4.78 is 0. The number of urea groups is 1. The summed E-state index contributed by atoms with van der Waals surface area (Å²) in [6.45, 7) is 5.63. The van der Waals surface area contributed by atoms with Crippen LogP contribution in [0.1, 0.15) is 53.4 Å². The number of hydrogen-bond donors (Lipinski definition) is 3. The molecule has 3 N–H and O–H groups in total. The molecule has 0 radical (unpaired) electrons. The summed E-state index contributed by atoms with van der Waals surface area (Å²) in [6, 6.07) is -0.207. The van der Waals surface area contributed by atoms with E-state index in [0.29, 0.717) is 16.5 Å². The van der Waals surface area contributed by atoms with Gasteiger partial charge in [-0.15, -0.1) is 11.3 Å². The van der Waals surface area contributed by atoms with Gasteiger partial charge in [0.1, 0.15) is 5.00 Å². The lowest BCUT2D eigenvalue weighted by molar-refractivity contribution is 0.0697. The number of nitrogens with one attached hydrogen (secondary N) is 2. The normalized spacial score (nSPS) is 16.7. The van der Waals surface area contributed by atoms with Gasteiger partial charge in [-0.1, -0.05) is 12.8 Å². The first-order chi connectivity index (χ1) is 9.90. The van der Waals surface area contributed by atoms with Crippen LogP contribution in [-0.2, 0) is 0 Å². The van der Waals surface area contributed by atoms with Crippen molar-refractivity contribution in [3.63, 3.8) is 0 Å².